The molecule has 0 aliphatic rings. The van der Waals surface area contributed by atoms with E-state index in [0.717, 1.165) is 0 Å². The van der Waals surface area contributed by atoms with Crippen LogP contribution in [0.15, 0.2) is 12.1 Å². The molecule has 6 nitrogen and oxygen atoms in total. The lowest BCUT2D eigenvalue weighted by molar-refractivity contribution is -0.0526. The zero-order valence-corrected chi connectivity index (χ0v) is 14.1. The van der Waals surface area contributed by atoms with E-state index in [1.54, 1.807) is 7.05 Å². The smallest absolute Gasteiger partial charge is 0.387 e. The van der Waals surface area contributed by atoms with Crippen molar-refractivity contribution in [2.45, 2.75) is 19.6 Å². The number of halogens is 3. The Bertz CT molecular complexity index is 493. The average molecular weight is 355 g/mol. The second-order valence-electron chi connectivity index (χ2n) is 4.49. The van der Waals surface area contributed by atoms with Crippen molar-refractivity contribution in [2.24, 2.45) is 0 Å². The summed E-state index contributed by atoms with van der Waals surface area (Å²) in [7, 11) is 4.36. The van der Waals surface area contributed by atoms with E-state index in [9.17, 15) is 13.6 Å². The maximum atomic E-state index is 12.4. The first kappa shape index (κ1) is 21.2. The second-order valence-corrected chi connectivity index (χ2v) is 4.49. The Balaban J connectivity index is 0.00000484. The van der Waals surface area contributed by atoms with E-state index in [1.807, 2.05) is 6.92 Å². The number of methoxy groups -OCH3 is 2. The maximum absolute atomic E-state index is 12.4. The number of ether oxygens (including phenoxy) is 3. The molecule has 1 rings (SSSR count). The number of hydrogen-bond acceptors (Lipinski definition) is 5. The molecule has 1 aromatic carbocycles. The van der Waals surface area contributed by atoms with Crippen LogP contribution in [0.2, 0.25) is 0 Å². The summed E-state index contributed by atoms with van der Waals surface area (Å²) in [5.74, 6) is -0.639. The number of alkyl halides is 2. The SMILES string of the molecule is CNC(C)CNC(=O)c1cc(OC)c(OC(F)F)c(OC)c1.Cl. The molecule has 1 aromatic rings. The van der Waals surface area contributed by atoms with Gasteiger partial charge in [-0.05, 0) is 26.1 Å². The van der Waals surface area contributed by atoms with Gasteiger partial charge in [-0.25, -0.2) is 0 Å². The molecule has 132 valence electrons. The number of carbonyl (C=O) groups is 1. The van der Waals surface area contributed by atoms with Gasteiger partial charge in [-0.15, -0.1) is 12.4 Å². The summed E-state index contributed by atoms with van der Waals surface area (Å²) in [6.07, 6.45) is 0. The largest absolute Gasteiger partial charge is 0.493 e. The van der Waals surface area contributed by atoms with E-state index >= 15 is 0 Å². The molecule has 0 saturated heterocycles. The quantitative estimate of drug-likeness (QED) is 0.748. The monoisotopic (exact) mass is 354 g/mol. The van der Waals surface area contributed by atoms with Gasteiger partial charge in [-0.1, -0.05) is 0 Å². The summed E-state index contributed by atoms with van der Waals surface area (Å²) >= 11 is 0. The van der Waals surface area contributed by atoms with Gasteiger partial charge < -0.3 is 24.8 Å². The van der Waals surface area contributed by atoms with E-state index in [-0.39, 0.29) is 47.2 Å². The van der Waals surface area contributed by atoms with E-state index in [0.29, 0.717) is 6.54 Å². The van der Waals surface area contributed by atoms with Gasteiger partial charge in [0.25, 0.3) is 5.91 Å². The molecule has 0 aromatic heterocycles. The van der Waals surface area contributed by atoms with Gasteiger partial charge in [0.05, 0.1) is 14.2 Å². The van der Waals surface area contributed by atoms with Crippen LogP contribution in [0.3, 0.4) is 0 Å². The number of carbonyl (C=O) groups excluding carboxylic acids is 1. The molecule has 23 heavy (non-hydrogen) atoms. The third-order valence-electron chi connectivity index (χ3n) is 2.99. The van der Waals surface area contributed by atoms with Crippen LogP contribution in [0.4, 0.5) is 8.78 Å². The lowest BCUT2D eigenvalue weighted by Crippen LogP contribution is -2.37. The fourth-order valence-corrected chi connectivity index (χ4v) is 1.67. The van der Waals surface area contributed by atoms with Crippen LogP contribution >= 0.6 is 12.4 Å². The molecule has 2 N–H and O–H groups in total. The van der Waals surface area contributed by atoms with Crippen LogP contribution in [0.5, 0.6) is 17.2 Å². The maximum Gasteiger partial charge on any atom is 0.387 e. The molecule has 0 fully saturated rings. The van der Waals surface area contributed by atoms with E-state index < -0.39 is 6.61 Å². The van der Waals surface area contributed by atoms with Crippen molar-refractivity contribution in [3.63, 3.8) is 0 Å². The van der Waals surface area contributed by atoms with Crippen molar-refractivity contribution < 1.29 is 27.8 Å². The zero-order valence-electron chi connectivity index (χ0n) is 13.3. The minimum Gasteiger partial charge on any atom is -0.493 e. The van der Waals surface area contributed by atoms with E-state index in [2.05, 4.69) is 15.4 Å². The van der Waals surface area contributed by atoms with Crippen LogP contribution in [0.1, 0.15) is 17.3 Å². The van der Waals surface area contributed by atoms with Crippen LogP contribution in [-0.4, -0.2) is 46.4 Å². The van der Waals surface area contributed by atoms with E-state index in [4.69, 9.17) is 9.47 Å². The van der Waals surface area contributed by atoms with Crippen molar-refractivity contribution >= 4 is 18.3 Å². The molecule has 1 unspecified atom stereocenters. The molecule has 1 atom stereocenters. The molecule has 0 aliphatic heterocycles. The van der Waals surface area contributed by atoms with Crippen molar-refractivity contribution in [1.29, 1.82) is 0 Å². The molecular formula is C14H21ClF2N2O4. The summed E-state index contributed by atoms with van der Waals surface area (Å²) < 4.78 is 39.3. The minimum absolute atomic E-state index is 0. The highest BCUT2D eigenvalue weighted by Crippen LogP contribution is 2.39. The van der Waals surface area contributed by atoms with Gasteiger partial charge in [0.15, 0.2) is 11.5 Å². The Kier molecular flexibility index (Phi) is 9.28. The number of benzene rings is 1. The summed E-state index contributed by atoms with van der Waals surface area (Å²) in [4.78, 5) is 12.1. The molecule has 0 heterocycles. The Hall–Kier alpha value is -1.80. The van der Waals surface area contributed by atoms with Crippen molar-refractivity contribution in [3.8, 4) is 17.2 Å². The summed E-state index contributed by atoms with van der Waals surface area (Å²) in [6.45, 7) is -0.713. The first-order chi connectivity index (χ1) is 10.4. The van der Waals surface area contributed by atoms with Gasteiger partial charge in [-0.2, -0.15) is 8.78 Å². The normalized spacial score (nSPS) is 11.4. The molecule has 0 radical (unpaired) electrons. The summed E-state index contributed by atoms with van der Waals surface area (Å²) in [5.41, 5.74) is 0.221. The highest BCUT2D eigenvalue weighted by Gasteiger charge is 2.20. The minimum atomic E-state index is -3.03. The van der Waals surface area contributed by atoms with Gasteiger partial charge in [0.1, 0.15) is 0 Å². The lowest BCUT2D eigenvalue weighted by atomic mass is 10.1. The van der Waals surface area contributed by atoms with Gasteiger partial charge in [-0.3, -0.25) is 4.79 Å². The highest BCUT2D eigenvalue weighted by molar-refractivity contribution is 5.95. The molecule has 0 spiro atoms. The van der Waals surface area contributed by atoms with Crippen molar-refractivity contribution in [1.82, 2.24) is 10.6 Å². The van der Waals surface area contributed by atoms with Crippen LogP contribution in [0.25, 0.3) is 0 Å². The summed E-state index contributed by atoms with van der Waals surface area (Å²) in [6, 6.07) is 2.73. The Morgan fingerprint density at radius 1 is 1.22 bits per heavy atom. The molecule has 9 heteroatoms. The molecular weight excluding hydrogens is 334 g/mol. The fraction of sp³-hybridized carbons (Fsp3) is 0.500. The lowest BCUT2D eigenvalue weighted by Gasteiger charge is -2.16. The molecule has 1 amide bonds. The number of hydrogen-bond donors (Lipinski definition) is 2. The number of likely N-dealkylation sites (N-methyl/N-ethyl adjacent to an activating group) is 1. The second kappa shape index (κ2) is 10.1. The highest BCUT2D eigenvalue weighted by atomic mass is 35.5. The molecule has 0 saturated carbocycles. The van der Waals surface area contributed by atoms with E-state index in [1.165, 1.54) is 26.4 Å². The number of nitrogens with one attached hydrogen (secondary N) is 2. The van der Waals surface area contributed by atoms with Crippen LogP contribution < -0.4 is 24.8 Å². The molecule has 0 aliphatic carbocycles. The Morgan fingerprint density at radius 2 is 1.74 bits per heavy atom. The first-order valence-electron chi connectivity index (χ1n) is 6.59. The topological polar surface area (TPSA) is 68.8 Å². The van der Waals surface area contributed by atoms with Gasteiger partial charge in [0, 0.05) is 18.2 Å². The van der Waals surface area contributed by atoms with Crippen molar-refractivity contribution in [2.75, 3.05) is 27.8 Å². The van der Waals surface area contributed by atoms with Gasteiger partial charge >= 0.3 is 6.61 Å². The summed E-state index contributed by atoms with van der Waals surface area (Å²) in [5, 5.41) is 5.69. The Morgan fingerprint density at radius 3 is 2.13 bits per heavy atom. The first-order valence-corrected chi connectivity index (χ1v) is 6.59. The standard InChI is InChI=1S/C14H20F2N2O4.ClH/c1-8(17-2)7-18-13(19)9-5-10(20-3)12(22-14(15)16)11(6-9)21-4;/h5-6,8,14,17H,7H2,1-4H3,(H,18,19);1H. The number of rotatable bonds is 8. The van der Waals surface area contributed by atoms with Crippen LogP contribution in [0, 0.1) is 0 Å². The van der Waals surface area contributed by atoms with Crippen LogP contribution in [-0.2, 0) is 0 Å². The predicted octanol–water partition coefficient (Wildman–Crippen LogP) is 2.06. The fourth-order valence-electron chi connectivity index (χ4n) is 1.67. The Labute approximate surface area is 139 Å². The third-order valence-corrected chi connectivity index (χ3v) is 2.99. The third kappa shape index (κ3) is 6.07. The molecule has 0 bridgehead atoms. The number of amides is 1. The predicted molar refractivity (Wildman–Crippen MR) is 84.3 cm³/mol. The van der Waals surface area contributed by atoms with Crippen molar-refractivity contribution in [3.05, 3.63) is 17.7 Å². The average Bonchev–Trinajstić information content (AvgIpc) is 2.51. The zero-order chi connectivity index (χ0) is 16.7. The van der Waals surface area contributed by atoms with Gasteiger partial charge in [0.2, 0.25) is 5.75 Å².